The highest BCUT2D eigenvalue weighted by Gasteiger charge is 2.14. The Labute approximate surface area is 141 Å². The molecule has 8 heteroatoms. The van der Waals surface area contributed by atoms with Crippen LogP contribution in [0, 0.1) is 17.5 Å². The number of amides is 1. The second-order valence-corrected chi connectivity index (χ2v) is 4.92. The average Bonchev–Trinajstić information content (AvgIpc) is 2.60. The summed E-state index contributed by atoms with van der Waals surface area (Å²) in [7, 11) is 0. The summed E-state index contributed by atoms with van der Waals surface area (Å²) in [6, 6.07) is 7.72. The van der Waals surface area contributed by atoms with Gasteiger partial charge in [0, 0.05) is 5.69 Å². The van der Waals surface area contributed by atoms with Gasteiger partial charge in [-0.15, -0.1) is 0 Å². The minimum atomic E-state index is -1.61. The van der Waals surface area contributed by atoms with Crippen molar-refractivity contribution >= 4 is 23.3 Å². The third-order valence-corrected chi connectivity index (χ3v) is 3.15. The van der Waals surface area contributed by atoms with Crippen LogP contribution in [0.15, 0.2) is 36.4 Å². The Morgan fingerprint density at radius 3 is 2.32 bits per heavy atom. The molecule has 0 aliphatic rings. The van der Waals surface area contributed by atoms with Crippen LogP contribution in [0.4, 0.5) is 24.5 Å². The van der Waals surface area contributed by atoms with E-state index in [4.69, 9.17) is 4.74 Å². The van der Waals surface area contributed by atoms with Crippen LogP contribution >= 0.6 is 0 Å². The number of nitrogens with one attached hydrogen (secondary N) is 2. The first-order valence-electron chi connectivity index (χ1n) is 7.36. The molecule has 0 aromatic heterocycles. The minimum Gasteiger partial charge on any atom is -0.462 e. The topological polar surface area (TPSA) is 67.4 Å². The molecule has 0 heterocycles. The Morgan fingerprint density at radius 2 is 1.68 bits per heavy atom. The number of ether oxygens (including phenoxy) is 1. The summed E-state index contributed by atoms with van der Waals surface area (Å²) < 4.78 is 44.2. The van der Waals surface area contributed by atoms with E-state index in [0.29, 0.717) is 11.3 Å². The van der Waals surface area contributed by atoms with E-state index in [0.717, 1.165) is 12.1 Å². The number of anilines is 2. The number of hydrogen-bond acceptors (Lipinski definition) is 4. The fourth-order valence-electron chi connectivity index (χ4n) is 1.95. The molecule has 25 heavy (non-hydrogen) atoms. The molecule has 2 aromatic carbocycles. The van der Waals surface area contributed by atoms with Crippen LogP contribution in [0.3, 0.4) is 0 Å². The van der Waals surface area contributed by atoms with E-state index in [9.17, 15) is 22.8 Å². The number of halogens is 3. The first-order valence-corrected chi connectivity index (χ1v) is 7.36. The van der Waals surface area contributed by atoms with Crippen molar-refractivity contribution in [3.8, 4) is 0 Å². The second-order valence-electron chi connectivity index (χ2n) is 4.92. The van der Waals surface area contributed by atoms with Crippen molar-refractivity contribution in [1.82, 2.24) is 0 Å². The molecular weight excluding hydrogens is 337 g/mol. The van der Waals surface area contributed by atoms with Gasteiger partial charge in [0.1, 0.15) is 0 Å². The molecule has 0 unspecified atom stereocenters. The van der Waals surface area contributed by atoms with E-state index in [-0.39, 0.29) is 18.8 Å². The van der Waals surface area contributed by atoms with E-state index in [2.05, 4.69) is 10.6 Å². The molecule has 0 spiro atoms. The van der Waals surface area contributed by atoms with Crippen LogP contribution in [-0.4, -0.2) is 25.0 Å². The van der Waals surface area contributed by atoms with Crippen molar-refractivity contribution in [3.63, 3.8) is 0 Å². The molecular formula is C17H15F3N2O3. The van der Waals surface area contributed by atoms with Gasteiger partial charge in [0.25, 0.3) is 0 Å². The molecule has 0 bridgehead atoms. The summed E-state index contributed by atoms with van der Waals surface area (Å²) in [5.41, 5.74) is 0.416. The van der Waals surface area contributed by atoms with Gasteiger partial charge >= 0.3 is 5.97 Å². The summed E-state index contributed by atoms with van der Waals surface area (Å²) >= 11 is 0. The van der Waals surface area contributed by atoms with Gasteiger partial charge in [0.15, 0.2) is 17.5 Å². The number of esters is 1. The number of rotatable bonds is 6. The largest absolute Gasteiger partial charge is 0.462 e. The molecule has 2 aromatic rings. The van der Waals surface area contributed by atoms with Crippen LogP contribution in [0.5, 0.6) is 0 Å². The van der Waals surface area contributed by atoms with Gasteiger partial charge in [-0.1, -0.05) is 0 Å². The van der Waals surface area contributed by atoms with Crippen LogP contribution in [0.25, 0.3) is 0 Å². The highest BCUT2D eigenvalue weighted by atomic mass is 19.2. The SMILES string of the molecule is CCOC(=O)c1ccc(NC(=O)CNc2ccc(F)c(F)c2F)cc1. The van der Waals surface area contributed by atoms with Gasteiger partial charge in [-0.3, -0.25) is 4.79 Å². The summed E-state index contributed by atoms with van der Waals surface area (Å²) in [5, 5.41) is 4.89. The van der Waals surface area contributed by atoms with Crippen LogP contribution in [-0.2, 0) is 9.53 Å². The van der Waals surface area contributed by atoms with E-state index < -0.39 is 29.3 Å². The standard InChI is InChI=1S/C17H15F3N2O3/c1-2-25-17(24)10-3-5-11(6-4-10)22-14(23)9-21-13-8-7-12(18)15(19)16(13)20/h3-8,21H,2,9H2,1H3,(H,22,23). The third-order valence-electron chi connectivity index (χ3n) is 3.15. The van der Waals surface area contributed by atoms with Gasteiger partial charge in [-0.2, -0.15) is 0 Å². The van der Waals surface area contributed by atoms with Crippen molar-refractivity contribution in [1.29, 1.82) is 0 Å². The highest BCUT2D eigenvalue weighted by molar-refractivity contribution is 5.95. The molecule has 2 rings (SSSR count). The normalized spacial score (nSPS) is 10.2. The predicted molar refractivity (Wildman–Crippen MR) is 85.8 cm³/mol. The van der Waals surface area contributed by atoms with Crippen molar-refractivity contribution in [2.45, 2.75) is 6.92 Å². The predicted octanol–water partition coefficient (Wildman–Crippen LogP) is 3.33. The molecule has 0 radical (unpaired) electrons. The van der Waals surface area contributed by atoms with Crippen molar-refractivity contribution in [3.05, 3.63) is 59.4 Å². The smallest absolute Gasteiger partial charge is 0.338 e. The Balaban J connectivity index is 1.92. The van der Waals surface area contributed by atoms with Gasteiger partial charge in [0.05, 0.1) is 24.4 Å². The highest BCUT2D eigenvalue weighted by Crippen LogP contribution is 2.19. The summed E-state index contributed by atoms with van der Waals surface area (Å²) in [6.07, 6.45) is 0. The number of carbonyl (C=O) groups is 2. The molecule has 5 nitrogen and oxygen atoms in total. The van der Waals surface area contributed by atoms with Gasteiger partial charge in [0.2, 0.25) is 5.91 Å². The molecule has 0 atom stereocenters. The maximum Gasteiger partial charge on any atom is 0.338 e. The molecule has 0 fully saturated rings. The molecule has 0 aliphatic carbocycles. The van der Waals surface area contributed by atoms with Crippen LogP contribution in [0.2, 0.25) is 0 Å². The van der Waals surface area contributed by atoms with Crippen molar-refractivity contribution < 1.29 is 27.5 Å². The van der Waals surface area contributed by atoms with Crippen molar-refractivity contribution in [2.75, 3.05) is 23.8 Å². The zero-order chi connectivity index (χ0) is 18.4. The molecule has 0 aliphatic heterocycles. The molecule has 132 valence electrons. The quantitative estimate of drug-likeness (QED) is 0.618. The zero-order valence-corrected chi connectivity index (χ0v) is 13.2. The lowest BCUT2D eigenvalue weighted by atomic mass is 10.2. The lowest BCUT2D eigenvalue weighted by Gasteiger charge is -2.09. The average molecular weight is 352 g/mol. The fraction of sp³-hybridized carbons (Fsp3) is 0.176. The van der Waals surface area contributed by atoms with Gasteiger partial charge < -0.3 is 15.4 Å². The lowest BCUT2D eigenvalue weighted by Crippen LogP contribution is -2.22. The Hall–Kier alpha value is -3.03. The van der Waals surface area contributed by atoms with Crippen LogP contribution in [0.1, 0.15) is 17.3 Å². The maximum absolute atomic E-state index is 13.5. The van der Waals surface area contributed by atoms with E-state index in [1.807, 2.05) is 0 Å². The molecule has 0 saturated heterocycles. The summed E-state index contributed by atoms with van der Waals surface area (Å²) in [4.78, 5) is 23.3. The zero-order valence-electron chi connectivity index (χ0n) is 13.2. The molecule has 0 saturated carbocycles. The van der Waals surface area contributed by atoms with E-state index >= 15 is 0 Å². The minimum absolute atomic E-state index is 0.254. The first kappa shape index (κ1) is 18.3. The fourth-order valence-corrected chi connectivity index (χ4v) is 1.95. The number of carbonyl (C=O) groups excluding carboxylic acids is 2. The summed E-state index contributed by atoms with van der Waals surface area (Å²) in [6.45, 7) is 1.58. The monoisotopic (exact) mass is 352 g/mol. The number of hydrogen-bond donors (Lipinski definition) is 2. The van der Waals surface area contributed by atoms with Gasteiger partial charge in [-0.25, -0.2) is 18.0 Å². The molecule has 2 N–H and O–H groups in total. The Morgan fingerprint density at radius 1 is 1.00 bits per heavy atom. The Bertz CT molecular complexity index is 779. The van der Waals surface area contributed by atoms with Crippen LogP contribution < -0.4 is 10.6 Å². The first-order chi connectivity index (χ1) is 11.9. The number of benzene rings is 2. The summed E-state index contributed by atoms with van der Waals surface area (Å²) in [5.74, 6) is -5.33. The third kappa shape index (κ3) is 4.72. The molecule has 1 amide bonds. The van der Waals surface area contributed by atoms with Crippen molar-refractivity contribution in [2.24, 2.45) is 0 Å². The van der Waals surface area contributed by atoms with Gasteiger partial charge in [-0.05, 0) is 43.3 Å². The second kappa shape index (κ2) is 8.18. The van der Waals surface area contributed by atoms with E-state index in [1.54, 1.807) is 6.92 Å². The van der Waals surface area contributed by atoms with E-state index in [1.165, 1.54) is 24.3 Å². The Kier molecular flexibility index (Phi) is 5.99. The maximum atomic E-state index is 13.5. The lowest BCUT2D eigenvalue weighted by molar-refractivity contribution is -0.114.